The molecule has 2 aromatic rings. The van der Waals surface area contributed by atoms with E-state index in [4.69, 9.17) is 10.5 Å². The fourth-order valence-corrected chi connectivity index (χ4v) is 2.79. The fourth-order valence-electron chi connectivity index (χ4n) is 2.79. The van der Waals surface area contributed by atoms with Crippen molar-refractivity contribution in [1.82, 2.24) is 0 Å². The van der Waals surface area contributed by atoms with Crippen LogP contribution in [-0.4, -0.2) is 0 Å². The van der Waals surface area contributed by atoms with E-state index < -0.39 is 0 Å². The van der Waals surface area contributed by atoms with Gasteiger partial charge in [-0.05, 0) is 36.6 Å². The summed E-state index contributed by atoms with van der Waals surface area (Å²) < 4.78 is 19.4. The molecule has 1 aliphatic rings. The Morgan fingerprint density at radius 2 is 1.95 bits per heavy atom. The molecule has 2 atom stereocenters. The van der Waals surface area contributed by atoms with Gasteiger partial charge in [-0.15, -0.1) is 0 Å². The third-order valence-electron chi connectivity index (χ3n) is 4.11. The lowest BCUT2D eigenvalue weighted by Crippen LogP contribution is -2.24. The minimum absolute atomic E-state index is 0.112. The van der Waals surface area contributed by atoms with Crippen molar-refractivity contribution in [2.75, 3.05) is 0 Å². The molecule has 0 amide bonds. The van der Waals surface area contributed by atoms with Crippen molar-refractivity contribution in [3.8, 4) is 5.75 Å². The molecular weight excluding hydrogens is 253 g/mol. The van der Waals surface area contributed by atoms with Crippen LogP contribution >= 0.6 is 0 Å². The second-order valence-electron chi connectivity index (χ2n) is 5.42. The molecule has 1 aliphatic heterocycles. The first-order valence-corrected chi connectivity index (χ1v) is 6.84. The molecule has 104 valence electrons. The van der Waals surface area contributed by atoms with E-state index in [1.807, 2.05) is 6.07 Å². The van der Waals surface area contributed by atoms with Crippen LogP contribution in [0.15, 0.2) is 36.4 Å². The number of halogens is 1. The van der Waals surface area contributed by atoms with Crippen molar-refractivity contribution in [2.45, 2.75) is 32.4 Å². The molecule has 20 heavy (non-hydrogen) atoms. The second kappa shape index (κ2) is 4.91. The number of benzene rings is 2. The number of ether oxygens (including phenoxy) is 1. The molecule has 3 heteroatoms. The Hall–Kier alpha value is -1.87. The molecule has 3 rings (SSSR count). The first kappa shape index (κ1) is 13.1. The van der Waals surface area contributed by atoms with Gasteiger partial charge >= 0.3 is 0 Å². The van der Waals surface area contributed by atoms with E-state index in [1.165, 1.54) is 23.3 Å². The lowest BCUT2D eigenvalue weighted by Gasteiger charge is -2.31. The largest absolute Gasteiger partial charge is 0.485 e. The van der Waals surface area contributed by atoms with Gasteiger partial charge in [-0.3, -0.25) is 0 Å². The summed E-state index contributed by atoms with van der Waals surface area (Å²) >= 11 is 0. The number of hydrogen-bond acceptors (Lipinski definition) is 2. The minimum Gasteiger partial charge on any atom is -0.485 e. The van der Waals surface area contributed by atoms with Crippen molar-refractivity contribution < 1.29 is 9.13 Å². The van der Waals surface area contributed by atoms with E-state index in [2.05, 4.69) is 26.0 Å². The van der Waals surface area contributed by atoms with Gasteiger partial charge in [0, 0.05) is 24.1 Å². The van der Waals surface area contributed by atoms with Gasteiger partial charge in [-0.25, -0.2) is 4.39 Å². The molecule has 0 saturated carbocycles. The molecule has 0 fully saturated rings. The molecule has 1 heterocycles. The first-order valence-electron chi connectivity index (χ1n) is 6.84. The van der Waals surface area contributed by atoms with Gasteiger partial charge in [0.05, 0.1) is 0 Å². The van der Waals surface area contributed by atoms with Crippen LogP contribution in [0.25, 0.3) is 0 Å². The lowest BCUT2D eigenvalue weighted by atomic mass is 9.90. The summed E-state index contributed by atoms with van der Waals surface area (Å²) in [7, 11) is 0. The molecule has 2 N–H and O–H groups in total. The monoisotopic (exact) mass is 271 g/mol. The van der Waals surface area contributed by atoms with Gasteiger partial charge in [-0.1, -0.05) is 24.3 Å². The lowest BCUT2D eigenvalue weighted by molar-refractivity contribution is 0.160. The Bertz CT molecular complexity index is 653. The number of aryl methyl sites for hydroxylation is 1. The highest BCUT2D eigenvalue weighted by molar-refractivity contribution is 5.41. The van der Waals surface area contributed by atoms with E-state index in [9.17, 15) is 4.39 Å². The van der Waals surface area contributed by atoms with Crippen LogP contribution in [0.3, 0.4) is 0 Å². The summed E-state index contributed by atoms with van der Waals surface area (Å²) in [6.07, 6.45) is 0.599. The smallest absolute Gasteiger partial charge is 0.127 e. The third kappa shape index (κ3) is 2.18. The SMILES string of the molecule is Cc1cccc(C2C[C@@H](N)c3ccc(F)cc3O2)c1C. The maximum absolute atomic E-state index is 13.4. The highest BCUT2D eigenvalue weighted by atomic mass is 19.1. The van der Waals surface area contributed by atoms with E-state index >= 15 is 0 Å². The third-order valence-corrected chi connectivity index (χ3v) is 4.11. The Labute approximate surface area is 118 Å². The zero-order valence-corrected chi connectivity index (χ0v) is 11.7. The van der Waals surface area contributed by atoms with Gasteiger partial charge in [-0.2, -0.15) is 0 Å². The summed E-state index contributed by atoms with van der Waals surface area (Å²) in [6, 6.07) is 10.6. The van der Waals surface area contributed by atoms with Crippen LogP contribution in [0, 0.1) is 19.7 Å². The Balaban J connectivity index is 2.00. The molecule has 2 nitrogen and oxygen atoms in total. The predicted molar refractivity (Wildman–Crippen MR) is 77.2 cm³/mol. The van der Waals surface area contributed by atoms with Gasteiger partial charge in [0.2, 0.25) is 0 Å². The Morgan fingerprint density at radius 3 is 2.75 bits per heavy atom. The molecule has 0 saturated heterocycles. The molecule has 0 aromatic heterocycles. The zero-order chi connectivity index (χ0) is 14.3. The molecule has 0 spiro atoms. The quantitative estimate of drug-likeness (QED) is 0.852. The molecule has 0 bridgehead atoms. The van der Waals surface area contributed by atoms with Crippen LogP contribution in [0.5, 0.6) is 5.75 Å². The highest BCUT2D eigenvalue weighted by Crippen LogP contribution is 2.40. The zero-order valence-electron chi connectivity index (χ0n) is 11.7. The van der Waals surface area contributed by atoms with E-state index in [0.29, 0.717) is 12.2 Å². The molecule has 2 aromatic carbocycles. The number of nitrogens with two attached hydrogens (primary N) is 1. The maximum Gasteiger partial charge on any atom is 0.127 e. The maximum atomic E-state index is 13.4. The van der Waals surface area contributed by atoms with Gasteiger partial charge in [0.15, 0.2) is 0 Å². The van der Waals surface area contributed by atoms with Crippen LogP contribution in [-0.2, 0) is 0 Å². The minimum atomic E-state index is -0.294. The first-order chi connectivity index (χ1) is 9.56. The Morgan fingerprint density at radius 1 is 1.15 bits per heavy atom. The Kier molecular flexibility index (Phi) is 3.22. The van der Waals surface area contributed by atoms with Gasteiger partial charge in [0.25, 0.3) is 0 Å². The van der Waals surface area contributed by atoms with Crippen molar-refractivity contribution in [3.05, 3.63) is 64.5 Å². The number of rotatable bonds is 1. The predicted octanol–water partition coefficient (Wildman–Crippen LogP) is 3.97. The van der Waals surface area contributed by atoms with Crippen molar-refractivity contribution in [3.63, 3.8) is 0 Å². The number of fused-ring (bicyclic) bond motifs is 1. The van der Waals surface area contributed by atoms with E-state index in [1.54, 1.807) is 6.07 Å². The topological polar surface area (TPSA) is 35.2 Å². The number of hydrogen-bond donors (Lipinski definition) is 1. The molecule has 0 radical (unpaired) electrons. The molecule has 0 aliphatic carbocycles. The van der Waals surface area contributed by atoms with Crippen LogP contribution < -0.4 is 10.5 Å². The van der Waals surface area contributed by atoms with Gasteiger partial charge < -0.3 is 10.5 Å². The van der Waals surface area contributed by atoms with Crippen molar-refractivity contribution in [2.24, 2.45) is 5.73 Å². The summed E-state index contributed by atoms with van der Waals surface area (Å²) in [6.45, 7) is 4.16. The van der Waals surface area contributed by atoms with Gasteiger partial charge in [0.1, 0.15) is 17.7 Å². The second-order valence-corrected chi connectivity index (χ2v) is 5.42. The van der Waals surface area contributed by atoms with Crippen LogP contribution in [0.1, 0.15) is 40.8 Å². The summed E-state index contributed by atoms with van der Waals surface area (Å²) in [5, 5.41) is 0. The average Bonchev–Trinajstić information content (AvgIpc) is 2.41. The average molecular weight is 271 g/mol. The van der Waals surface area contributed by atoms with Crippen LogP contribution in [0.2, 0.25) is 0 Å². The van der Waals surface area contributed by atoms with E-state index in [-0.39, 0.29) is 18.0 Å². The van der Waals surface area contributed by atoms with E-state index in [0.717, 1.165) is 11.1 Å². The normalized spacial score (nSPS) is 21.2. The summed E-state index contributed by atoms with van der Waals surface area (Å²) in [5.41, 5.74) is 10.7. The summed E-state index contributed by atoms with van der Waals surface area (Å²) in [5.74, 6) is 0.271. The highest BCUT2D eigenvalue weighted by Gasteiger charge is 2.28. The standard InChI is InChI=1S/C17H18FNO/c1-10-4-3-5-13(11(10)2)17-9-15(19)14-7-6-12(18)8-16(14)20-17/h3-8,15,17H,9,19H2,1-2H3/t15-,17?/m1/s1. The summed E-state index contributed by atoms with van der Waals surface area (Å²) in [4.78, 5) is 0. The fraction of sp³-hybridized carbons (Fsp3) is 0.294. The van der Waals surface area contributed by atoms with Crippen molar-refractivity contribution in [1.29, 1.82) is 0 Å². The van der Waals surface area contributed by atoms with Crippen LogP contribution in [0.4, 0.5) is 4.39 Å². The van der Waals surface area contributed by atoms with Crippen molar-refractivity contribution >= 4 is 0 Å². The molecule has 1 unspecified atom stereocenters. The molecular formula is C17H18FNO.